The molecule has 0 atom stereocenters. The van der Waals surface area contributed by atoms with E-state index < -0.39 is 10.0 Å². The maximum absolute atomic E-state index is 12.7. The molecule has 1 N–H and O–H groups in total. The third kappa shape index (κ3) is 3.27. The predicted molar refractivity (Wildman–Crippen MR) is 86.2 cm³/mol. The van der Waals surface area contributed by atoms with E-state index in [0.717, 1.165) is 27.8 Å². The van der Waals surface area contributed by atoms with Gasteiger partial charge in [0, 0.05) is 6.07 Å². The maximum Gasteiger partial charge on any atom is 0.262 e. The maximum atomic E-state index is 12.7. The molecule has 2 aromatic rings. The van der Waals surface area contributed by atoms with E-state index in [0.29, 0.717) is 10.6 Å². The predicted octanol–water partition coefficient (Wildman–Crippen LogP) is 3.83. The Morgan fingerprint density at radius 3 is 2.05 bits per heavy atom. The first-order valence-corrected chi connectivity index (χ1v) is 8.29. The average Bonchev–Trinajstić information content (AvgIpc) is 2.31. The van der Waals surface area contributed by atoms with E-state index in [1.165, 1.54) is 0 Å². The molecule has 4 heteroatoms. The molecule has 2 aromatic carbocycles. The van der Waals surface area contributed by atoms with Gasteiger partial charge in [0.2, 0.25) is 0 Å². The van der Waals surface area contributed by atoms with Gasteiger partial charge in [-0.25, -0.2) is 8.42 Å². The lowest BCUT2D eigenvalue weighted by atomic mass is 10.1. The van der Waals surface area contributed by atoms with Crippen molar-refractivity contribution in [3.63, 3.8) is 0 Å². The van der Waals surface area contributed by atoms with E-state index in [1.54, 1.807) is 0 Å². The zero-order chi connectivity index (χ0) is 15.8. The Morgan fingerprint density at radius 2 is 1.48 bits per heavy atom. The van der Waals surface area contributed by atoms with Crippen molar-refractivity contribution in [1.82, 2.24) is 0 Å². The molecule has 0 fully saturated rings. The number of benzene rings is 2. The van der Waals surface area contributed by atoms with Crippen LogP contribution in [0.25, 0.3) is 0 Å². The number of hydrogen-bond acceptors (Lipinski definition) is 2. The lowest BCUT2D eigenvalue weighted by Crippen LogP contribution is -2.16. The Bertz CT molecular complexity index is 769. The lowest BCUT2D eigenvalue weighted by Gasteiger charge is -2.15. The minimum atomic E-state index is -3.61. The van der Waals surface area contributed by atoms with Gasteiger partial charge in [-0.2, -0.15) is 0 Å². The quantitative estimate of drug-likeness (QED) is 0.936. The van der Waals surface area contributed by atoms with Crippen LogP contribution in [0, 0.1) is 40.7 Å². The van der Waals surface area contributed by atoms with Gasteiger partial charge in [0.25, 0.3) is 10.0 Å². The van der Waals surface area contributed by atoms with Crippen molar-refractivity contribution in [1.29, 1.82) is 0 Å². The molecule has 3 nitrogen and oxygen atoms in total. The van der Waals surface area contributed by atoms with Crippen molar-refractivity contribution in [3.8, 4) is 0 Å². The first-order valence-electron chi connectivity index (χ1n) is 6.81. The molecule has 0 bridgehead atoms. The van der Waals surface area contributed by atoms with Crippen LogP contribution in [0.3, 0.4) is 0 Å². The second-order valence-corrected chi connectivity index (χ2v) is 7.15. The smallest absolute Gasteiger partial charge is 0.262 e. The first kappa shape index (κ1) is 15.6. The van der Waals surface area contributed by atoms with Crippen molar-refractivity contribution in [3.05, 3.63) is 58.1 Å². The van der Waals surface area contributed by atoms with Crippen LogP contribution in [0.4, 0.5) is 5.69 Å². The van der Waals surface area contributed by atoms with Gasteiger partial charge in [-0.15, -0.1) is 0 Å². The van der Waals surface area contributed by atoms with Gasteiger partial charge in [0.15, 0.2) is 0 Å². The molecule has 0 aliphatic heterocycles. The number of aryl methyl sites for hydroxylation is 5. The molecule has 0 spiro atoms. The summed E-state index contributed by atoms with van der Waals surface area (Å²) in [5, 5.41) is 0. The molecule has 0 aliphatic carbocycles. The molecular weight excluding hydrogens is 282 g/mol. The van der Waals surface area contributed by atoms with Crippen molar-refractivity contribution in [2.45, 2.75) is 39.5 Å². The van der Waals surface area contributed by atoms with Gasteiger partial charge < -0.3 is 0 Å². The van der Waals surface area contributed by atoms with Gasteiger partial charge in [-0.05, 0) is 56.9 Å². The molecule has 1 radical (unpaired) electrons. The second kappa shape index (κ2) is 5.53. The van der Waals surface area contributed by atoms with E-state index >= 15 is 0 Å². The summed E-state index contributed by atoms with van der Waals surface area (Å²) >= 11 is 0. The summed E-state index contributed by atoms with van der Waals surface area (Å²) in [4.78, 5) is 0.349. The summed E-state index contributed by atoms with van der Waals surface area (Å²) in [6.45, 7) is 9.35. The van der Waals surface area contributed by atoms with Crippen LogP contribution >= 0.6 is 0 Å². The fourth-order valence-corrected chi connectivity index (χ4v) is 4.10. The van der Waals surface area contributed by atoms with Crippen molar-refractivity contribution >= 4 is 15.7 Å². The third-order valence-corrected chi connectivity index (χ3v) is 5.06. The fraction of sp³-hybridized carbons (Fsp3) is 0.294. The highest BCUT2D eigenvalue weighted by Crippen LogP contribution is 2.25. The summed E-state index contributed by atoms with van der Waals surface area (Å²) in [6.07, 6.45) is 0. The van der Waals surface area contributed by atoms with Gasteiger partial charge in [-0.1, -0.05) is 29.8 Å². The van der Waals surface area contributed by atoms with E-state index in [-0.39, 0.29) is 0 Å². The number of nitrogens with one attached hydrogen (secondary N) is 1. The highest BCUT2D eigenvalue weighted by atomic mass is 32.2. The van der Waals surface area contributed by atoms with Gasteiger partial charge in [0.1, 0.15) is 0 Å². The molecule has 0 heterocycles. The molecule has 0 saturated heterocycles. The summed E-state index contributed by atoms with van der Waals surface area (Å²) in [6, 6.07) is 10.6. The fourth-order valence-electron chi connectivity index (χ4n) is 2.55. The monoisotopic (exact) mass is 302 g/mol. The molecule has 21 heavy (non-hydrogen) atoms. The van der Waals surface area contributed by atoms with Crippen LogP contribution in [0.1, 0.15) is 27.8 Å². The SMILES string of the molecule is Cc1[c]c(NS(=O)(=O)c2c(C)cc(C)cc2C)c(C)cc1. The first-order chi connectivity index (χ1) is 9.70. The van der Waals surface area contributed by atoms with E-state index in [9.17, 15) is 8.42 Å². The zero-order valence-electron chi connectivity index (χ0n) is 13.0. The normalized spacial score (nSPS) is 11.5. The Labute approximate surface area is 127 Å². The molecule has 0 saturated carbocycles. The Kier molecular flexibility index (Phi) is 4.10. The van der Waals surface area contributed by atoms with Gasteiger partial charge in [-0.3, -0.25) is 4.72 Å². The Morgan fingerprint density at radius 1 is 0.905 bits per heavy atom. The topological polar surface area (TPSA) is 46.2 Å². The highest BCUT2D eigenvalue weighted by molar-refractivity contribution is 7.92. The Balaban J connectivity index is 2.51. The minimum Gasteiger partial charge on any atom is -0.279 e. The van der Waals surface area contributed by atoms with Crippen LogP contribution in [-0.2, 0) is 10.0 Å². The zero-order valence-corrected chi connectivity index (χ0v) is 13.9. The lowest BCUT2D eigenvalue weighted by molar-refractivity contribution is 0.600. The minimum absolute atomic E-state index is 0.349. The Hall–Kier alpha value is -1.81. The third-order valence-electron chi connectivity index (χ3n) is 3.41. The number of anilines is 1. The van der Waals surface area contributed by atoms with Crippen LogP contribution in [0.15, 0.2) is 29.2 Å². The van der Waals surface area contributed by atoms with Crippen LogP contribution in [-0.4, -0.2) is 8.42 Å². The van der Waals surface area contributed by atoms with Crippen molar-refractivity contribution < 1.29 is 8.42 Å². The molecule has 0 aliphatic rings. The number of sulfonamides is 1. The second-order valence-electron chi connectivity index (χ2n) is 5.53. The summed E-state index contributed by atoms with van der Waals surface area (Å²) < 4.78 is 28.0. The van der Waals surface area contributed by atoms with Crippen LogP contribution in [0.2, 0.25) is 0 Å². The van der Waals surface area contributed by atoms with E-state index in [4.69, 9.17) is 0 Å². The molecule has 2 rings (SSSR count). The van der Waals surface area contributed by atoms with Crippen molar-refractivity contribution in [2.24, 2.45) is 0 Å². The largest absolute Gasteiger partial charge is 0.279 e. The van der Waals surface area contributed by atoms with Crippen LogP contribution < -0.4 is 4.72 Å². The van der Waals surface area contributed by atoms with Gasteiger partial charge in [0.05, 0.1) is 10.6 Å². The molecule has 111 valence electrons. The summed E-state index contributed by atoms with van der Waals surface area (Å²) in [5.74, 6) is 0. The highest BCUT2D eigenvalue weighted by Gasteiger charge is 2.20. The number of rotatable bonds is 3. The van der Waals surface area contributed by atoms with Gasteiger partial charge >= 0.3 is 0 Å². The summed E-state index contributed by atoms with van der Waals surface area (Å²) in [7, 11) is -3.61. The van der Waals surface area contributed by atoms with Crippen LogP contribution in [0.5, 0.6) is 0 Å². The van der Waals surface area contributed by atoms with E-state index in [2.05, 4.69) is 10.8 Å². The molecule has 0 amide bonds. The average molecular weight is 302 g/mol. The molecule has 0 aromatic heterocycles. The van der Waals surface area contributed by atoms with E-state index in [1.807, 2.05) is 58.9 Å². The summed E-state index contributed by atoms with van der Waals surface area (Å²) in [5.41, 5.74) is 4.83. The molecule has 0 unspecified atom stereocenters. The number of hydrogen-bond donors (Lipinski definition) is 1. The standard InChI is InChI=1S/C17H20NO2S/c1-11-6-7-13(3)16(10-11)18-21(19,20)17-14(4)8-12(2)9-15(17)5/h6-9,18H,1-5H3. The molecular formula is C17H20NO2S. The van der Waals surface area contributed by atoms with Crippen molar-refractivity contribution in [2.75, 3.05) is 4.72 Å².